The molecule has 3 heteroatoms. The smallest absolute Gasteiger partial charge is 0.0394 e. The summed E-state index contributed by atoms with van der Waals surface area (Å²) < 4.78 is 12.3. The summed E-state index contributed by atoms with van der Waals surface area (Å²) in [6.45, 7) is 4.46. The van der Waals surface area contributed by atoms with Gasteiger partial charge in [-0.05, 0) is 25.8 Å². The average molecular weight is 245 g/mol. The molecule has 0 aromatic heterocycles. The third kappa shape index (κ3) is 4.17. The molecule has 96 valence electrons. The van der Waals surface area contributed by atoms with Crippen molar-refractivity contribution < 1.29 is 4.21 Å². The molecule has 3 atom stereocenters. The first kappa shape index (κ1) is 14.2. The summed E-state index contributed by atoms with van der Waals surface area (Å²) in [5.74, 6) is 1.47. The summed E-state index contributed by atoms with van der Waals surface area (Å²) in [6.07, 6.45) is 7.43. The van der Waals surface area contributed by atoms with Crippen LogP contribution in [0.2, 0.25) is 0 Å². The molecule has 16 heavy (non-hydrogen) atoms. The van der Waals surface area contributed by atoms with E-state index >= 15 is 0 Å². The van der Waals surface area contributed by atoms with Crippen molar-refractivity contribution in [2.75, 3.05) is 12.8 Å². The molecular formula is C13H27NOS. The molecule has 0 aromatic rings. The molecule has 0 aromatic carbocycles. The van der Waals surface area contributed by atoms with Crippen molar-refractivity contribution in [3.63, 3.8) is 0 Å². The molecule has 0 saturated heterocycles. The third-order valence-electron chi connectivity index (χ3n) is 3.97. The van der Waals surface area contributed by atoms with Crippen LogP contribution in [0, 0.1) is 5.92 Å². The highest BCUT2D eigenvalue weighted by molar-refractivity contribution is 7.85. The van der Waals surface area contributed by atoms with E-state index < -0.39 is 10.8 Å². The number of rotatable bonds is 6. The quantitative estimate of drug-likeness (QED) is 0.779. The van der Waals surface area contributed by atoms with E-state index in [0.29, 0.717) is 17.2 Å². The topological polar surface area (TPSA) is 29.1 Å². The van der Waals surface area contributed by atoms with Crippen molar-refractivity contribution in [1.29, 1.82) is 0 Å². The van der Waals surface area contributed by atoms with E-state index in [0.717, 1.165) is 12.2 Å². The Morgan fingerprint density at radius 2 is 1.94 bits per heavy atom. The molecule has 1 N–H and O–H groups in total. The van der Waals surface area contributed by atoms with Crippen molar-refractivity contribution in [3.05, 3.63) is 0 Å². The maximum atomic E-state index is 12.3. The van der Waals surface area contributed by atoms with Gasteiger partial charge in [0, 0.05) is 27.8 Å². The molecule has 1 saturated carbocycles. The van der Waals surface area contributed by atoms with E-state index in [4.69, 9.17) is 0 Å². The van der Waals surface area contributed by atoms with Gasteiger partial charge in [0.2, 0.25) is 0 Å². The Kier molecular flexibility index (Phi) is 6.59. The molecule has 0 bridgehead atoms. The monoisotopic (exact) mass is 245 g/mol. The summed E-state index contributed by atoms with van der Waals surface area (Å²) in [7, 11) is 1.37. The zero-order valence-electron chi connectivity index (χ0n) is 11.0. The zero-order valence-corrected chi connectivity index (χ0v) is 11.8. The highest BCUT2D eigenvalue weighted by Gasteiger charge is 2.24. The minimum atomic E-state index is -0.621. The molecule has 2 nitrogen and oxygen atoms in total. The van der Waals surface area contributed by atoms with Crippen molar-refractivity contribution in [2.24, 2.45) is 5.92 Å². The van der Waals surface area contributed by atoms with Crippen LogP contribution in [-0.4, -0.2) is 28.3 Å². The van der Waals surface area contributed by atoms with Crippen LogP contribution in [0.3, 0.4) is 0 Å². The Labute approximate surface area is 103 Å². The van der Waals surface area contributed by atoms with E-state index in [1.165, 1.54) is 32.1 Å². The van der Waals surface area contributed by atoms with Crippen LogP contribution in [0.15, 0.2) is 0 Å². The predicted molar refractivity (Wildman–Crippen MR) is 72.2 cm³/mol. The molecule has 1 aliphatic rings. The highest BCUT2D eigenvalue weighted by atomic mass is 32.2. The fourth-order valence-electron chi connectivity index (χ4n) is 2.46. The van der Waals surface area contributed by atoms with Gasteiger partial charge in [-0.1, -0.05) is 39.5 Å². The van der Waals surface area contributed by atoms with Gasteiger partial charge < -0.3 is 5.32 Å². The van der Waals surface area contributed by atoms with Crippen LogP contribution < -0.4 is 5.32 Å². The maximum absolute atomic E-state index is 12.3. The third-order valence-corrected chi connectivity index (χ3v) is 5.87. The summed E-state index contributed by atoms with van der Waals surface area (Å²) in [4.78, 5) is 0. The molecule has 1 rings (SSSR count). The standard InChI is InChI=1S/C13H27NOS/c1-4-11(2)13(14-3)10-16(15)12-8-6-5-7-9-12/h11-14H,4-10H2,1-3H3. The first-order valence-electron chi connectivity index (χ1n) is 6.73. The SMILES string of the molecule is CCC(C)C(CS(=O)C1CCCCC1)NC. The van der Waals surface area contributed by atoms with E-state index in [9.17, 15) is 4.21 Å². The van der Waals surface area contributed by atoms with Gasteiger partial charge in [0.1, 0.15) is 0 Å². The second kappa shape index (κ2) is 7.44. The normalized spacial score (nSPS) is 23.9. The molecule has 0 aliphatic heterocycles. The second-order valence-electron chi connectivity index (χ2n) is 5.09. The van der Waals surface area contributed by atoms with Gasteiger partial charge in [0.05, 0.1) is 0 Å². The Morgan fingerprint density at radius 3 is 2.44 bits per heavy atom. The molecule has 0 heterocycles. The van der Waals surface area contributed by atoms with Crippen LogP contribution in [0.25, 0.3) is 0 Å². The number of hydrogen-bond donors (Lipinski definition) is 1. The van der Waals surface area contributed by atoms with Gasteiger partial charge in [-0.3, -0.25) is 4.21 Å². The van der Waals surface area contributed by atoms with Crippen molar-refractivity contribution in [1.82, 2.24) is 5.32 Å². The highest BCUT2D eigenvalue weighted by Crippen LogP contribution is 2.23. The van der Waals surface area contributed by atoms with Crippen LogP contribution in [0.1, 0.15) is 52.4 Å². The molecule has 1 aliphatic carbocycles. The maximum Gasteiger partial charge on any atom is 0.0394 e. The first-order chi connectivity index (χ1) is 7.69. The molecule has 3 unspecified atom stereocenters. The molecular weight excluding hydrogens is 218 g/mol. The van der Waals surface area contributed by atoms with Crippen LogP contribution in [-0.2, 0) is 10.8 Å². The van der Waals surface area contributed by atoms with Gasteiger partial charge in [-0.25, -0.2) is 0 Å². The summed E-state index contributed by atoms with van der Waals surface area (Å²) in [5, 5.41) is 3.81. The number of hydrogen-bond acceptors (Lipinski definition) is 2. The number of nitrogens with one attached hydrogen (secondary N) is 1. The molecule has 0 radical (unpaired) electrons. The van der Waals surface area contributed by atoms with Gasteiger partial charge in [-0.15, -0.1) is 0 Å². The molecule has 0 spiro atoms. The van der Waals surface area contributed by atoms with Crippen molar-refractivity contribution in [2.45, 2.75) is 63.7 Å². The average Bonchev–Trinajstić information content (AvgIpc) is 2.35. The second-order valence-corrected chi connectivity index (χ2v) is 6.85. The van der Waals surface area contributed by atoms with Crippen molar-refractivity contribution >= 4 is 10.8 Å². The van der Waals surface area contributed by atoms with Crippen LogP contribution in [0.5, 0.6) is 0 Å². The molecule has 0 amide bonds. The van der Waals surface area contributed by atoms with E-state index in [-0.39, 0.29) is 0 Å². The van der Waals surface area contributed by atoms with Gasteiger partial charge in [0.15, 0.2) is 0 Å². The minimum absolute atomic E-state index is 0.424. The lowest BCUT2D eigenvalue weighted by atomic mass is 10.0. The van der Waals surface area contributed by atoms with Gasteiger partial charge in [-0.2, -0.15) is 0 Å². The zero-order chi connectivity index (χ0) is 12.0. The van der Waals surface area contributed by atoms with Crippen LogP contribution >= 0.6 is 0 Å². The first-order valence-corrected chi connectivity index (χ1v) is 8.11. The van der Waals surface area contributed by atoms with Crippen molar-refractivity contribution in [3.8, 4) is 0 Å². The Hall–Kier alpha value is 0.110. The lowest BCUT2D eigenvalue weighted by molar-refractivity contribution is 0.415. The fourth-order valence-corrected chi connectivity index (χ4v) is 4.44. The summed E-state index contributed by atoms with van der Waals surface area (Å²) >= 11 is 0. The predicted octanol–water partition coefficient (Wildman–Crippen LogP) is 2.70. The fraction of sp³-hybridized carbons (Fsp3) is 1.00. The van der Waals surface area contributed by atoms with Gasteiger partial charge >= 0.3 is 0 Å². The van der Waals surface area contributed by atoms with Gasteiger partial charge in [0.25, 0.3) is 0 Å². The van der Waals surface area contributed by atoms with E-state index in [2.05, 4.69) is 19.2 Å². The summed E-state index contributed by atoms with van der Waals surface area (Å²) in [6, 6.07) is 0.424. The Bertz CT molecular complexity index is 214. The largest absolute Gasteiger partial charge is 0.316 e. The summed E-state index contributed by atoms with van der Waals surface area (Å²) in [5.41, 5.74) is 0. The molecule has 1 fully saturated rings. The van der Waals surface area contributed by atoms with E-state index in [1.807, 2.05) is 7.05 Å². The Morgan fingerprint density at radius 1 is 1.31 bits per heavy atom. The van der Waals surface area contributed by atoms with Crippen LogP contribution in [0.4, 0.5) is 0 Å². The minimum Gasteiger partial charge on any atom is -0.316 e. The van der Waals surface area contributed by atoms with E-state index in [1.54, 1.807) is 0 Å². The Balaban J connectivity index is 2.41. The lowest BCUT2D eigenvalue weighted by Crippen LogP contribution is -2.39. The lowest BCUT2D eigenvalue weighted by Gasteiger charge is -2.26.